The standard InChI is InChI=1S/C23H29N3O4S/c1-4-23(5-2)29-14-17(30-23)11-13-28-21-10-12-24-20(16(21)3)15-31(27)22-25-18-8-6-7-9-19(18)26-22/h6-10,12,17H,4-5,11,13-15H2,1-3H3,(H,25,26). The van der Waals surface area contributed by atoms with Gasteiger partial charge in [0.2, 0.25) is 0 Å². The van der Waals surface area contributed by atoms with E-state index in [2.05, 4.69) is 28.8 Å². The highest BCUT2D eigenvalue weighted by atomic mass is 32.2. The number of benzene rings is 1. The zero-order valence-corrected chi connectivity index (χ0v) is 19.0. The molecule has 31 heavy (non-hydrogen) atoms. The molecular formula is C23H29N3O4S. The summed E-state index contributed by atoms with van der Waals surface area (Å²) in [5.74, 6) is 0.589. The first-order valence-electron chi connectivity index (χ1n) is 10.8. The molecule has 2 atom stereocenters. The van der Waals surface area contributed by atoms with Crippen LogP contribution < -0.4 is 4.74 Å². The van der Waals surface area contributed by atoms with Crippen molar-refractivity contribution in [2.24, 2.45) is 0 Å². The van der Waals surface area contributed by atoms with Gasteiger partial charge in [0.15, 0.2) is 10.9 Å². The highest BCUT2D eigenvalue weighted by molar-refractivity contribution is 7.84. The van der Waals surface area contributed by atoms with Crippen LogP contribution >= 0.6 is 0 Å². The van der Waals surface area contributed by atoms with E-state index in [9.17, 15) is 4.21 Å². The van der Waals surface area contributed by atoms with Gasteiger partial charge in [-0.3, -0.25) is 9.19 Å². The molecule has 0 spiro atoms. The summed E-state index contributed by atoms with van der Waals surface area (Å²) < 4.78 is 30.8. The zero-order chi connectivity index (χ0) is 21.8. The minimum Gasteiger partial charge on any atom is -0.493 e. The maximum Gasteiger partial charge on any atom is 0.197 e. The number of imidazole rings is 1. The second kappa shape index (κ2) is 9.46. The van der Waals surface area contributed by atoms with E-state index in [4.69, 9.17) is 14.2 Å². The molecule has 3 heterocycles. The molecule has 1 aliphatic heterocycles. The number of hydrogen-bond acceptors (Lipinski definition) is 6. The van der Waals surface area contributed by atoms with Gasteiger partial charge in [-0.15, -0.1) is 0 Å². The molecule has 1 aliphatic rings. The highest BCUT2D eigenvalue weighted by Crippen LogP contribution is 2.31. The van der Waals surface area contributed by atoms with Crippen LogP contribution in [0.2, 0.25) is 0 Å². The molecule has 1 aromatic carbocycles. The zero-order valence-electron chi connectivity index (χ0n) is 18.2. The quantitative estimate of drug-likeness (QED) is 0.531. The lowest BCUT2D eigenvalue weighted by molar-refractivity contribution is -0.172. The van der Waals surface area contributed by atoms with E-state index < -0.39 is 16.6 Å². The Balaban J connectivity index is 1.36. The number of nitrogens with zero attached hydrogens (tertiary/aromatic N) is 2. The van der Waals surface area contributed by atoms with Crippen molar-refractivity contribution in [2.75, 3.05) is 13.2 Å². The van der Waals surface area contributed by atoms with Crippen LogP contribution in [0.5, 0.6) is 5.75 Å². The van der Waals surface area contributed by atoms with Gasteiger partial charge in [0, 0.05) is 18.2 Å². The fraction of sp³-hybridized carbons (Fsp3) is 0.478. The van der Waals surface area contributed by atoms with E-state index in [0.717, 1.165) is 47.3 Å². The molecule has 7 nitrogen and oxygen atoms in total. The predicted octanol–water partition coefficient (Wildman–Crippen LogP) is 4.27. The van der Waals surface area contributed by atoms with E-state index in [1.54, 1.807) is 6.20 Å². The Bertz CT molecular complexity index is 1030. The summed E-state index contributed by atoms with van der Waals surface area (Å²) in [5, 5.41) is 0.461. The summed E-state index contributed by atoms with van der Waals surface area (Å²) in [4.78, 5) is 12.0. The summed E-state index contributed by atoms with van der Waals surface area (Å²) in [5.41, 5.74) is 3.32. The monoisotopic (exact) mass is 443 g/mol. The van der Waals surface area contributed by atoms with Crippen LogP contribution in [0.4, 0.5) is 0 Å². The average Bonchev–Trinajstić information content (AvgIpc) is 3.41. The van der Waals surface area contributed by atoms with Crippen LogP contribution in [0, 0.1) is 6.92 Å². The second-order valence-electron chi connectivity index (χ2n) is 7.74. The van der Waals surface area contributed by atoms with Crippen LogP contribution in [0.25, 0.3) is 11.0 Å². The van der Waals surface area contributed by atoms with E-state index >= 15 is 0 Å². The number of nitrogens with one attached hydrogen (secondary N) is 1. The van der Waals surface area contributed by atoms with E-state index in [1.807, 2.05) is 37.3 Å². The maximum absolute atomic E-state index is 12.9. The highest BCUT2D eigenvalue weighted by Gasteiger charge is 2.38. The van der Waals surface area contributed by atoms with Crippen molar-refractivity contribution in [3.05, 3.63) is 47.8 Å². The fourth-order valence-corrected chi connectivity index (χ4v) is 4.87. The van der Waals surface area contributed by atoms with Crippen LogP contribution in [0.15, 0.2) is 41.7 Å². The molecule has 0 bridgehead atoms. The minimum absolute atomic E-state index is 0.0436. The molecule has 4 rings (SSSR count). The molecule has 0 aliphatic carbocycles. The Hall–Kier alpha value is -2.29. The van der Waals surface area contributed by atoms with Crippen molar-refractivity contribution in [3.63, 3.8) is 0 Å². The van der Waals surface area contributed by atoms with E-state index in [1.165, 1.54) is 0 Å². The molecule has 2 aromatic heterocycles. The number of aromatic amines is 1. The van der Waals surface area contributed by atoms with Crippen LogP contribution in [-0.2, 0) is 26.0 Å². The van der Waals surface area contributed by atoms with Crippen molar-refractivity contribution in [3.8, 4) is 5.75 Å². The lowest BCUT2D eigenvalue weighted by Crippen LogP contribution is -2.29. The Morgan fingerprint density at radius 2 is 2.06 bits per heavy atom. The first kappa shape index (κ1) is 21.9. The van der Waals surface area contributed by atoms with Gasteiger partial charge in [0.25, 0.3) is 0 Å². The number of fused-ring (bicyclic) bond motifs is 1. The normalized spacial score (nSPS) is 19.0. The molecule has 1 saturated heterocycles. The Morgan fingerprint density at radius 1 is 1.26 bits per heavy atom. The van der Waals surface area contributed by atoms with Crippen molar-refractivity contribution in [1.82, 2.24) is 15.0 Å². The number of aromatic nitrogens is 3. The van der Waals surface area contributed by atoms with Gasteiger partial charge in [-0.2, -0.15) is 0 Å². The van der Waals surface area contributed by atoms with E-state index in [-0.39, 0.29) is 11.9 Å². The van der Waals surface area contributed by atoms with Gasteiger partial charge in [-0.05, 0) is 38.0 Å². The topological polar surface area (TPSA) is 86.3 Å². The predicted molar refractivity (Wildman–Crippen MR) is 119 cm³/mol. The third kappa shape index (κ3) is 4.81. The van der Waals surface area contributed by atoms with Gasteiger partial charge >= 0.3 is 0 Å². The molecule has 1 N–H and O–H groups in total. The Kier molecular flexibility index (Phi) is 6.69. The molecule has 0 radical (unpaired) electrons. The van der Waals surface area contributed by atoms with Crippen LogP contribution in [0.1, 0.15) is 44.4 Å². The lowest BCUT2D eigenvalue weighted by Gasteiger charge is -2.25. The van der Waals surface area contributed by atoms with Crippen LogP contribution in [0.3, 0.4) is 0 Å². The fourth-order valence-electron chi connectivity index (χ4n) is 3.77. The van der Waals surface area contributed by atoms with Crippen molar-refractivity contribution in [1.29, 1.82) is 0 Å². The van der Waals surface area contributed by atoms with Gasteiger partial charge < -0.3 is 19.2 Å². The molecule has 8 heteroatoms. The number of pyridine rings is 1. The average molecular weight is 444 g/mol. The third-order valence-electron chi connectivity index (χ3n) is 5.80. The third-order valence-corrected chi connectivity index (χ3v) is 6.96. The Labute approximate surface area is 185 Å². The first-order valence-corrected chi connectivity index (χ1v) is 12.1. The number of para-hydroxylation sites is 2. The van der Waals surface area contributed by atoms with E-state index in [0.29, 0.717) is 18.4 Å². The molecule has 0 amide bonds. The summed E-state index contributed by atoms with van der Waals surface area (Å²) in [6.07, 6.45) is 4.18. The molecule has 1 fully saturated rings. The maximum atomic E-state index is 12.9. The molecule has 0 saturated carbocycles. The smallest absolute Gasteiger partial charge is 0.197 e. The molecule has 166 valence electrons. The number of H-pyrrole nitrogens is 1. The minimum atomic E-state index is -1.33. The molecular weight excluding hydrogens is 414 g/mol. The molecule has 2 unspecified atom stereocenters. The summed E-state index contributed by atoms with van der Waals surface area (Å²) in [6.45, 7) is 7.23. The number of hydrogen-bond donors (Lipinski definition) is 1. The number of rotatable bonds is 9. The second-order valence-corrected chi connectivity index (χ2v) is 9.10. The lowest BCUT2D eigenvalue weighted by atomic mass is 10.1. The summed E-state index contributed by atoms with van der Waals surface area (Å²) >= 11 is 0. The van der Waals surface area contributed by atoms with Crippen molar-refractivity contribution in [2.45, 2.75) is 62.8 Å². The SMILES string of the molecule is CCC1(CC)OCC(CCOc2ccnc(CS(=O)c3nc4ccccc4[nH]3)c2C)O1. The van der Waals surface area contributed by atoms with Gasteiger partial charge in [0.1, 0.15) is 5.75 Å². The van der Waals surface area contributed by atoms with Crippen LogP contribution in [-0.4, -0.2) is 44.3 Å². The summed E-state index contributed by atoms with van der Waals surface area (Å²) in [6, 6.07) is 9.50. The van der Waals surface area contributed by atoms with Crippen molar-refractivity contribution >= 4 is 21.8 Å². The van der Waals surface area contributed by atoms with Gasteiger partial charge in [-0.1, -0.05) is 26.0 Å². The summed E-state index contributed by atoms with van der Waals surface area (Å²) in [7, 11) is -1.33. The Morgan fingerprint density at radius 3 is 2.81 bits per heavy atom. The molecule has 3 aromatic rings. The largest absolute Gasteiger partial charge is 0.493 e. The van der Waals surface area contributed by atoms with Gasteiger partial charge in [0.05, 0.1) is 52.6 Å². The first-order chi connectivity index (χ1) is 15.0. The number of ether oxygens (including phenoxy) is 3. The van der Waals surface area contributed by atoms with Gasteiger partial charge in [-0.25, -0.2) is 4.98 Å². The van der Waals surface area contributed by atoms with Crippen molar-refractivity contribution < 1.29 is 18.4 Å².